The molecule has 5 heteroatoms. The summed E-state index contributed by atoms with van der Waals surface area (Å²) in [6.45, 7) is 11.2. The highest BCUT2D eigenvalue weighted by Crippen LogP contribution is 2.32. The zero-order chi connectivity index (χ0) is 18.6. The minimum absolute atomic E-state index is 0.126. The highest BCUT2D eigenvalue weighted by atomic mass is 16.5. The van der Waals surface area contributed by atoms with Gasteiger partial charge >= 0.3 is 0 Å². The van der Waals surface area contributed by atoms with Crippen LogP contribution in [0.25, 0.3) is 0 Å². The molecule has 2 unspecified atom stereocenters. The molecule has 1 saturated carbocycles. The number of ether oxygens (including phenoxy) is 1. The number of guanidine groups is 1. The maximum Gasteiger partial charge on any atom is 0.194 e. The predicted octanol–water partition coefficient (Wildman–Crippen LogP) is 2.82. The molecule has 2 heterocycles. The van der Waals surface area contributed by atoms with E-state index < -0.39 is 0 Å². The van der Waals surface area contributed by atoms with Crippen LogP contribution in [0.2, 0.25) is 0 Å². The van der Waals surface area contributed by atoms with E-state index in [0.29, 0.717) is 5.92 Å². The molecule has 1 aromatic carbocycles. The van der Waals surface area contributed by atoms with Crippen LogP contribution in [0.15, 0.2) is 29.3 Å². The molecule has 4 rings (SSSR count). The second-order valence-corrected chi connectivity index (χ2v) is 8.24. The lowest BCUT2D eigenvalue weighted by molar-refractivity contribution is -0.00834. The molecule has 3 aliphatic rings. The van der Waals surface area contributed by atoms with Gasteiger partial charge in [-0.1, -0.05) is 24.3 Å². The van der Waals surface area contributed by atoms with Crippen molar-refractivity contribution in [2.45, 2.75) is 45.3 Å². The molecular formula is C22H34N4O. The second-order valence-electron chi connectivity index (χ2n) is 8.24. The molecule has 27 heavy (non-hydrogen) atoms. The fourth-order valence-electron chi connectivity index (χ4n) is 4.40. The number of hydrogen-bond acceptors (Lipinski definition) is 3. The normalized spacial score (nSPS) is 27.2. The summed E-state index contributed by atoms with van der Waals surface area (Å²) in [7, 11) is 0. The molecule has 1 aromatic rings. The topological polar surface area (TPSA) is 40.1 Å². The number of rotatable bonds is 5. The molecule has 2 aliphatic heterocycles. The monoisotopic (exact) mass is 370 g/mol. The molecule has 1 aliphatic carbocycles. The van der Waals surface area contributed by atoms with Gasteiger partial charge in [0.2, 0.25) is 0 Å². The van der Waals surface area contributed by atoms with Crippen molar-refractivity contribution in [2.24, 2.45) is 10.9 Å². The average Bonchev–Trinajstić information content (AvgIpc) is 3.44. The van der Waals surface area contributed by atoms with Gasteiger partial charge < -0.3 is 19.9 Å². The van der Waals surface area contributed by atoms with Crippen molar-refractivity contribution in [3.05, 3.63) is 35.4 Å². The SMILES string of the molecule is CCNC(=NCC1CCN(C2CC2)C1)N1CCOC(c2ccccc2C)C1. The molecule has 5 nitrogen and oxygen atoms in total. The molecule has 0 spiro atoms. The van der Waals surface area contributed by atoms with E-state index in [1.54, 1.807) is 0 Å². The maximum atomic E-state index is 6.10. The molecule has 2 atom stereocenters. The third kappa shape index (κ3) is 4.64. The summed E-state index contributed by atoms with van der Waals surface area (Å²) in [6, 6.07) is 9.45. The van der Waals surface area contributed by atoms with E-state index in [1.807, 2.05) is 0 Å². The quantitative estimate of drug-likeness (QED) is 0.639. The van der Waals surface area contributed by atoms with Gasteiger partial charge in [0.25, 0.3) is 0 Å². The zero-order valence-corrected chi connectivity index (χ0v) is 16.9. The van der Waals surface area contributed by atoms with Gasteiger partial charge in [0, 0.05) is 32.2 Å². The highest BCUT2D eigenvalue weighted by molar-refractivity contribution is 5.80. The first-order valence-corrected chi connectivity index (χ1v) is 10.7. The van der Waals surface area contributed by atoms with Crippen LogP contribution in [0, 0.1) is 12.8 Å². The van der Waals surface area contributed by atoms with Crippen molar-refractivity contribution in [2.75, 3.05) is 45.9 Å². The predicted molar refractivity (Wildman–Crippen MR) is 110 cm³/mol. The van der Waals surface area contributed by atoms with Gasteiger partial charge in [-0.3, -0.25) is 4.99 Å². The van der Waals surface area contributed by atoms with E-state index in [1.165, 1.54) is 43.5 Å². The summed E-state index contributed by atoms with van der Waals surface area (Å²) in [5, 5.41) is 3.52. The number of aryl methyl sites for hydroxylation is 1. The Morgan fingerprint density at radius 1 is 1.19 bits per heavy atom. The van der Waals surface area contributed by atoms with Crippen LogP contribution in [-0.2, 0) is 4.74 Å². The maximum absolute atomic E-state index is 6.10. The van der Waals surface area contributed by atoms with Crippen LogP contribution < -0.4 is 5.32 Å². The van der Waals surface area contributed by atoms with Crippen LogP contribution in [0.5, 0.6) is 0 Å². The number of hydrogen-bond donors (Lipinski definition) is 1. The Hall–Kier alpha value is -1.59. The number of morpholine rings is 1. The Kier molecular flexibility index (Phi) is 5.98. The van der Waals surface area contributed by atoms with E-state index in [0.717, 1.165) is 44.8 Å². The minimum atomic E-state index is 0.126. The number of benzene rings is 1. The Morgan fingerprint density at radius 3 is 2.81 bits per heavy atom. The first-order chi connectivity index (χ1) is 13.2. The summed E-state index contributed by atoms with van der Waals surface area (Å²) < 4.78 is 6.10. The lowest BCUT2D eigenvalue weighted by atomic mass is 10.0. The Balaban J connectivity index is 1.39. The third-order valence-electron chi connectivity index (χ3n) is 6.12. The number of likely N-dealkylation sites (tertiary alicyclic amines) is 1. The van der Waals surface area contributed by atoms with Crippen molar-refractivity contribution in [3.8, 4) is 0 Å². The average molecular weight is 371 g/mol. The summed E-state index contributed by atoms with van der Waals surface area (Å²) in [4.78, 5) is 10.1. The standard InChI is InChI=1S/C22H34N4O/c1-3-23-22(24-14-18-10-11-25(15-18)19-8-9-19)26-12-13-27-21(16-26)20-7-5-4-6-17(20)2/h4-7,18-19,21H,3,8-16H2,1-2H3,(H,23,24). The van der Waals surface area contributed by atoms with Gasteiger partial charge in [0.05, 0.1) is 13.2 Å². The molecule has 0 radical (unpaired) electrons. The lowest BCUT2D eigenvalue weighted by Crippen LogP contribution is -2.48. The van der Waals surface area contributed by atoms with Crippen molar-refractivity contribution in [3.63, 3.8) is 0 Å². The van der Waals surface area contributed by atoms with Gasteiger partial charge in [0.1, 0.15) is 6.10 Å². The Labute approximate surface area is 163 Å². The molecule has 148 valence electrons. The molecule has 0 bridgehead atoms. The Morgan fingerprint density at radius 2 is 2.04 bits per heavy atom. The largest absolute Gasteiger partial charge is 0.370 e. The molecule has 2 saturated heterocycles. The van der Waals surface area contributed by atoms with Crippen LogP contribution in [0.4, 0.5) is 0 Å². The van der Waals surface area contributed by atoms with Gasteiger partial charge in [-0.25, -0.2) is 0 Å². The first kappa shape index (κ1) is 18.8. The van der Waals surface area contributed by atoms with Gasteiger partial charge in [-0.05, 0) is 56.7 Å². The van der Waals surface area contributed by atoms with Gasteiger partial charge in [-0.2, -0.15) is 0 Å². The molecule has 0 aromatic heterocycles. The summed E-state index contributed by atoms with van der Waals surface area (Å²) in [5.74, 6) is 1.77. The smallest absolute Gasteiger partial charge is 0.194 e. The Bertz CT molecular complexity index is 657. The van der Waals surface area contributed by atoms with E-state index in [9.17, 15) is 0 Å². The van der Waals surface area contributed by atoms with E-state index in [2.05, 4.69) is 53.2 Å². The summed E-state index contributed by atoms with van der Waals surface area (Å²) >= 11 is 0. The fraction of sp³-hybridized carbons (Fsp3) is 0.682. The van der Waals surface area contributed by atoms with Crippen molar-refractivity contribution < 1.29 is 4.74 Å². The van der Waals surface area contributed by atoms with Crippen molar-refractivity contribution in [1.82, 2.24) is 15.1 Å². The van der Waals surface area contributed by atoms with Crippen LogP contribution in [0.1, 0.15) is 43.4 Å². The molecule has 1 N–H and O–H groups in total. The van der Waals surface area contributed by atoms with E-state index >= 15 is 0 Å². The number of aliphatic imine (C=N–C) groups is 1. The number of nitrogens with one attached hydrogen (secondary N) is 1. The van der Waals surface area contributed by atoms with Crippen LogP contribution in [-0.4, -0.2) is 67.7 Å². The molecule has 0 amide bonds. The second kappa shape index (κ2) is 8.61. The van der Waals surface area contributed by atoms with Crippen LogP contribution in [0.3, 0.4) is 0 Å². The van der Waals surface area contributed by atoms with Crippen molar-refractivity contribution >= 4 is 5.96 Å². The van der Waals surface area contributed by atoms with Crippen LogP contribution >= 0.6 is 0 Å². The van der Waals surface area contributed by atoms with Gasteiger partial charge in [-0.15, -0.1) is 0 Å². The van der Waals surface area contributed by atoms with Crippen molar-refractivity contribution in [1.29, 1.82) is 0 Å². The zero-order valence-electron chi connectivity index (χ0n) is 16.9. The van der Waals surface area contributed by atoms with E-state index in [4.69, 9.17) is 9.73 Å². The number of nitrogens with zero attached hydrogens (tertiary/aromatic N) is 3. The summed E-state index contributed by atoms with van der Waals surface area (Å²) in [6.07, 6.45) is 4.24. The summed E-state index contributed by atoms with van der Waals surface area (Å²) in [5.41, 5.74) is 2.60. The lowest BCUT2D eigenvalue weighted by Gasteiger charge is -2.36. The fourth-order valence-corrected chi connectivity index (χ4v) is 4.40. The molecule has 3 fully saturated rings. The third-order valence-corrected chi connectivity index (χ3v) is 6.12. The minimum Gasteiger partial charge on any atom is -0.370 e. The van der Waals surface area contributed by atoms with E-state index in [-0.39, 0.29) is 6.10 Å². The molecular weight excluding hydrogens is 336 g/mol. The van der Waals surface area contributed by atoms with Gasteiger partial charge in [0.15, 0.2) is 5.96 Å². The highest BCUT2D eigenvalue weighted by Gasteiger charge is 2.34. The first-order valence-electron chi connectivity index (χ1n) is 10.7.